The molecule has 0 spiro atoms. The van der Waals surface area contributed by atoms with Gasteiger partial charge in [0.2, 0.25) is 11.7 Å². The maximum absolute atomic E-state index is 11.8. The van der Waals surface area contributed by atoms with Crippen LogP contribution in [0.4, 0.5) is 0 Å². The molecular formula is C16H15N3O3S. The van der Waals surface area contributed by atoms with Gasteiger partial charge in [0, 0.05) is 0 Å². The molecule has 0 bridgehead atoms. The van der Waals surface area contributed by atoms with Crippen molar-refractivity contribution < 1.29 is 14.1 Å². The summed E-state index contributed by atoms with van der Waals surface area (Å²) in [5, 5.41) is 8.50. The van der Waals surface area contributed by atoms with Crippen molar-refractivity contribution in [2.75, 3.05) is 6.61 Å². The molecule has 2 heterocycles. The summed E-state index contributed by atoms with van der Waals surface area (Å²) in [6, 6.07) is 11.3. The number of carbonyl (C=O) groups is 1. The van der Waals surface area contributed by atoms with E-state index in [0.29, 0.717) is 17.5 Å². The lowest BCUT2D eigenvalue weighted by atomic mass is 10.2. The third-order valence-corrected chi connectivity index (χ3v) is 3.90. The minimum Gasteiger partial charge on any atom is -0.484 e. The number of hydrogen-bond acceptors (Lipinski definition) is 6. The van der Waals surface area contributed by atoms with Crippen LogP contribution >= 0.6 is 11.3 Å². The zero-order chi connectivity index (χ0) is 16.1. The van der Waals surface area contributed by atoms with Crippen LogP contribution in [0.1, 0.15) is 11.5 Å². The molecular weight excluding hydrogens is 314 g/mol. The number of amides is 1. The van der Waals surface area contributed by atoms with Crippen LogP contribution < -0.4 is 10.1 Å². The molecule has 0 atom stereocenters. The number of hydrogen-bond donors (Lipinski definition) is 1. The summed E-state index contributed by atoms with van der Waals surface area (Å²) in [5.74, 6) is 1.29. The van der Waals surface area contributed by atoms with Gasteiger partial charge in [-0.15, -0.1) is 11.3 Å². The lowest BCUT2D eigenvalue weighted by Gasteiger charge is -2.06. The number of nitrogens with one attached hydrogen (secondary N) is 1. The van der Waals surface area contributed by atoms with Gasteiger partial charge in [-0.2, -0.15) is 4.98 Å². The first-order valence-electron chi connectivity index (χ1n) is 7.03. The van der Waals surface area contributed by atoms with Gasteiger partial charge in [0.1, 0.15) is 5.75 Å². The Bertz CT molecular complexity index is 766. The van der Waals surface area contributed by atoms with Crippen molar-refractivity contribution in [3.05, 3.63) is 53.2 Å². The van der Waals surface area contributed by atoms with Crippen LogP contribution in [0, 0.1) is 6.92 Å². The van der Waals surface area contributed by atoms with E-state index < -0.39 is 0 Å². The van der Waals surface area contributed by atoms with E-state index in [9.17, 15) is 4.79 Å². The molecule has 23 heavy (non-hydrogen) atoms. The summed E-state index contributed by atoms with van der Waals surface area (Å²) in [5.41, 5.74) is 1.14. The Morgan fingerprint density at radius 3 is 2.87 bits per heavy atom. The largest absolute Gasteiger partial charge is 0.484 e. The number of aromatic nitrogens is 2. The first kappa shape index (κ1) is 15.2. The van der Waals surface area contributed by atoms with Gasteiger partial charge >= 0.3 is 0 Å². The van der Waals surface area contributed by atoms with E-state index in [1.165, 1.54) is 11.3 Å². The number of aryl methyl sites for hydroxylation is 1. The van der Waals surface area contributed by atoms with Gasteiger partial charge in [-0.3, -0.25) is 4.79 Å². The van der Waals surface area contributed by atoms with Crippen molar-refractivity contribution in [3.63, 3.8) is 0 Å². The van der Waals surface area contributed by atoms with E-state index in [4.69, 9.17) is 9.26 Å². The van der Waals surface area contributed by atoms with Crippen LogP contribution in [0.15, 0.2) is 46.3 Å². The van der Waals surface area contributed by atoms with E-state index in [2.05, 4.69) is 15.5 Å². The van der Waals surface area contributed by atoms with Crippen LogP contribution in [0.5, 0.6) is 5.75 Å². The third kappa shape index (κ3) is 4.17. The van der Waals surface area contributed by atoms with Crippen LogP contribution in [0.2, 0.25) is 0 Å². The van der Waals surface area contributed by atoms with Crippen LogP contribution in [-0.4, -0.2) is 22.7 Å². The second kappa shape index (κ2) is 7.06. The summed E-state index contributed by atoms with van der Waals surface area (Å²) in [6.07, 6.45) is 0. The van der Waals surface area contributed by atoms with E-state index in [1.807, 2.05) is 48.7 Å². The zero-order valence-electron chi connectivity index (χ0n) is 12.5. The number of nitrogens with zero attached hydrogens (tertiary/aromatic N) is 2. The zero-order valence-corrected chi connectivity index (χ0v) is 13.3. The molecule has 1 N–H and O–H groups in total. The molecule has 6 nitrogen and oxygen atoms in total. The molecule has 0 saturated carbocycles. The summed E-state index contributed by atoms with van der Waals surface area (Å²) >= 11 is 1.53. The Balaban J connectivity index is 1.46. The summed E-state index contributed by atoms with van der Waals surface area (Å²) in [4.78, 5) is 16.9. The van der Waals surface area contributed by atoms with Gasteiger partial charge in [-0.05, 0) is 30.5 Å². The van der Waals surface area contributed by atoms with Gasteiger partial charge in [-0.25, -0.2) is 0 Å². The molecule has 0 fully saturated rings. The quantitative estimate of drug-likeness (QED) is 0.752. The Kier molecular flexibility index (Phi) is 4.68. The maximum atomic E-state index is 11.8. The maximum Gasteiger partial charge on any atom is 0.258 e. The first-order chi connectivity index (χ1) is 11.2. The van der Waals surface area contributed by atoms with Gasteiger partial charge < -0.3 is 14.6 Å². The minimum atomic E-state index is -0.249. The molecule has 0 radical (unpaired) electrons. The fourth-order valence-electron chi connectivity index (χ4n) is 1.84. The molecule has 1 aromatic carbocycles. The number of rotatable bonds is 6. The minimum absolute atomic E-state index is 0.0605. The van der Waals surface area contributed by atoms with Crippen LogP contribution in [-0.2, 0) is 11.3 Å². The molecule has 0 aliphatic carbocycles. The molecule has 7 heteroatoms. The monoisotopic (exact) mass is 329 g/mol. The second-order valence-electron chi connectivity index (χ2n) is 4.87. The SMILES string of the molecule is Cc1ccc(OCC(=O)NCc2nc(-c3cccs3)no2)cc1. The second-order valence-corrected chi connectivity index (χ2v) is 5.82. The average Bonchev–Trinajstić information content (AvgIpc) is 3.23. The Hall–Kier alpha value is -2.67. The van der Waals surface area contributed by atoms with Crippen molar-refractivity contribution in [3.8, 4) is 16.5 Å². The van der Waals surface area contributed by atoms with Gasteiger partial charge in [0.05, 0.1) is 11.4 Å². The molecule has 2 aromatic heterocycles. The Morgan fingerprint density at radius 1 is 1.30 bits per heavy atom. The van der Waals surface area contributed by atoms with E-state index in [0.717, 1.165) is 10.4 Å². The Morgan fingerprint density at radius 2 is 2.13 bits per heavy atom. The predicted octanol–water partition coefficient (Wildman–Crippen LogP) is 2.80. The number of thiophene rings is 1. The van der Waals surface area contributed by atoms with E-state index in [-0.39, 0.29) is 19.1 Å². The fraction of sp³-hybridized carbons (Fsp3) is 0.188. The third-order valence-electron chi connectivity index (χ3n) is 3.04. The lowest BCUT2D eigenvalue weighted by Crippen LogP contribution is -2.28. The van der Waals surface area contributed by atoms with E-state index in [1.54, 1.807) is 0 Å². The normalized spacial score (nSPS) is 10.5. The Labute approximate surface area is 137 Å². The van der Waals surface area contributed by atoms with Crippen molar-refractivity contribution in [2.45, 2.75) is 13.5 Å². The molecule has 0 aliphatic heterocycles. The van der Waals surface area contributed by atoms with Crippen molar-refractivity contribution in [1.82, 2.24) is 15.5 Å². The van der Waals surface area contributed by atoms with Crippen molar-refractivity contribution in [1.29, 1.82) is 0 Å². The highest BCUT2D eigenvalue weighted by Gasteiger charge is 2.10. The topological polar surface area (TPSA) is 77.2 Å². The smallest absolute Gasteiger partial charge is 0.258 e. The highest BCUT2D eigenvalue weighted by Crippen LogP contribution is 2.21. The molecule has 0 saturated heterocycles. The lowest BCUT2D eigenvalue weighted by molar-refractivity contribution is -0.123. The molecule has 1 amide bonds. The number of carbonyl (C=O) groups excluding carboxylic acids is 1. The molecule has 3 aromatic rings. The first-order valence-corrected chi connectivity index (χ1v) is 7.91. The predicted molar refractivity (Wildman–Crippen MR) is 86.1 cm³/mol. The standard InChI is InChI=1S/C16H15N3O3S/c1-11-4-6-12(7-5-11)21-10-14(20)17-9-15-18-16(19-22-15)13-3-2-8-23-13/h2-8H,9-10H2,1H3,(H,17,20). The number of ether oxygens (including phenoxy) is 1. The summed E-state index contributed by atoms with van der Waals surface area (Å²) < 4.78 is 10.5. The summed E-state index contributed by atoms with van der Waals surface area (Å²) in [7, 11) is 0. The highest BCUT2D eigenvalue weighted by molar-refractivity contribution is 7.13. The summed E-state index contributed by atoms with van der Waals surface area (Å²) in [6.45, 7) is 2.11. The molecule has 118 valence electrons. The highest BCUT2D eigenvalue weighted by atomic mass is 32.1. The van der Waals surface area contributed by atoms with E-state index >= 15 is 0 Å². The van der Waals surface area contributed by atoms with Crippen molar-refractivity contribution in [2.24, 2.45) is 0 Å². The molecule has 0 aliphatic rings. The molecule has 0 unspecified atom stereocenters. The molecule has 3 rings (SSSR count). The van der Waals surface area contributed by atoms with Gasteiger partial charge in [0.15, 0.2) is 6.61 Å². The van der Waals surface area contributed by atoms with Gasteiger partial charge in [0.25, 0.3) is 5.91 Å². The van der Waals surface area contributed by atoms with Crippen LogP contribution in [0.3, 0.4) is 0 Å². The van der Waals surface area contributed by atoms with Crippen LogP contribution in [0.25, 0.3) is 10.7 Å². The number of benzene rings is 1. The fourth-order valence-corrected chi connectivity index (χ4v) is 2.49. The van der Waals surface area contributed by atoms with Gasteiger partial charge in [-0.1, -0.05) is 28.9 Å². The average molecular weight is 329 g/mol. The van der Waals surface area contributed by atoms with Crippen molar-refractivity contribution >= 4 is 17.2 Å².